The van der Waals surface area contributed by atoms with Crippen molar-refractivity contribution in [3.05, 3.63) is 77.9 Å². The molecule has 0 aliphatic heterocycles. The molecule has 0 heterocycles. The third-order valence-electron chi connectivity index (χ3n) is 5.05. The summed E-state index contributed by atoms with van der Waals surface area (Å²) >= 11 is 0. The van der Waals surface area contributed by atoms with Gasteiger partial charge in [0, 0.05) is 6.54 Å². The zero-order valence-corrected chi connectivity index (χ0v) is 20.4. The fourth-order valence-corrected chi connectivity index (χ4v) is 6.01. The molecule has 0 saturated heterocycles. The van der Waals surface area contributed by atoms with Gasteiger partial charge in [-0.25, -0.2) is 21.6 Å². The monoisotopic (exact) mass is 489 g/mol. The normalized spacial score (nSPS) is 11.8. The molecule has 3 rings (SSSR count). The molecule has 0 aliphatic carbocycles. The summed E-state index contributed by atoms with van der Waals surface area (Å²) in [6.45, 7) is 4.15. The van der Waals surface area contributed by atoms with Crippen molar-refractivity contribution in [3.63, 3.8) is 0 Å². The number of ether oxygens (including phenoxy) is 2. The summed E-state index contributed by atoms with van der Waals surface area (Å²) in [6.07, 6.45) is 0.420. The molecule has 3 aromatic carbocycles. The predicted octanol–water partition coefficient (Wildman–Crippen LogP) is 3.76. The van der Waals surface area contributed by atoms with Gasteiger partial charge < -0.3 is 9.47 Å². The van der Waals surface area contributed by atoms with E-state index in [1.807, 2.05) is 13.0 Å². The minimum atomic E-state index is -3.93. The average molecular weight is 490 g/mol. The van der Waals surface area contributed by atoms with E-state index in [0.717, 1.165) is 5.56 Å². The van der Waals surface area contributed by atoms with Gasteiger partial charge in [-0.05, 0) is 67.8 Å². The van der Waals surface area contributed by atoms with Crippen LogP contribution < -0.4 is 14.2 Å². The third kappa shape index (κ3) is 5.73. The van der Waals surface area contributed by atoms with Crippen LogP contribution in [0.15, 0.2) is 81.4 Å². The summed E-state index contributed by atoms with van der Waals surface area (Å²) in [5.41, 5.74) is 1.33. The van der Waals surface area contributed by atoms with Gasteiger partial charge in [-0.15, -0.1) is 0 Å². The Morgan fingerprint density at radius 2 is 1.58 bits per heavy atom. The standard InChI is InChI=1S/C24H27NO6S2/c1-4-31-22-13-11-19(16-23(22)30-3)14-15-25-33(28,29)24-17-21(12-10-18(24)2)32(26,27)20-8-6-5-7-9-20/h5-13,16-17,25H,4,14-15H2,1-3H3. The highest BCUT2D eigenvalue weighted by atomic mass is 32.2. The Bertz CT molecular complexity index is 1320. The van der Waals surface area contributed by atoms with E-state index in [0.29, 0.717) is 30.1 Å². The van der Waals surface area contributed by atoms with Gasteiger partial charge in [-0.1, -0.05) is 30.3 Å². The summed E-state index contributed by atoms with van der Waals surface area (Å²) in [5, 5.41) is 0. The molecule has 0 saturated carbocycles. The van der Waals surface area contributed by atoms with Gasteiger partial charge in [0.15, 0.2) is 11.5 Å². The van der Waals surface area contributed by atoms with Gasteiger partial charge in [-0.3, -0.25) is 0 Å². The van der Waals surface area contributed by atoms with Crippen molar-refractivity contribution in [2.24, 2.45) is 0 Å². The number of sulfone groups is 1. The highest BCUT2D eigenvalue weighted by Gasteiger charge is 2.23. The summed E-state index contributed by atoms with van der Waals surface area (Å²) in [7, 11) is -6.22. The van der Waals surface area contributed by atoms with Crippen LogP contribution in [0.3, 0.4) is 0 Å². The highest BCUT2D eigenvalue weighted by molar-refractivity contribution is 7.91. The fraction of sp³-hybridized carbons (Fsp3) is 0.250. The van der Waals surface area contributed by atoms with Gasteiger partial charge in [0.1, 0.15) is 0 Å². The first-order chi connectivity index (χ1) is 15.7. The van der Waals surface area contributed by atoms with Crippen LogP contribution >= 0.6 is 0 Å². The molecule has 9 heteroatoms. The topological polar surface area (TPSA) is 98.8 Å². The third-order valence-corrected chi connectivity index (χ3v) is 8.42. The number of sulfonamides is 1. The van der Waals surface area contributed by atoms with Crippen molar-refractivity contribution in [1.82, 2.24) is 4.72 Å². The number of aryl methyl sites for hydroxylation is 1. The van der Waals surface area contributed by atoms with Crippen molar-refractivity contribution in [1.29, 1.82) is 0 Å². The molecule has 0 unspecified atom stereocenters. The molecule has 176 valence electrons. The van der Waals surface area contributed by atoms with Crippen molar-refractivity contribution in [3.8, 4) is 11.5 Å². The van der Waals surface area contributed by atoms with Crippen molar-refractivity contribution in [2.45, 2.75) is 35.0 Å². The minimum Gasteiger partial charge on any atom is -0.493 e. The maximum absolute atomic E-state index is 13.0. The first-order valence-corrected chi connectivity index (χ1v) is 13.4. The van der Waals surface area contributed by atoms with Crippen LogP contribution in [0.4, 0.5) is 0 Å². The molecule has 0 atom stereocenters. The Labute approximate surface area is 195 Å². The smallest absolute Gasteiger partial charge is 0.240 e. The molecule has 0 fully saturated rings. The van der Waals surface area contributed by atoms with E-state index in [9.17, 15) is 16.8 Å². The molecule has 33 heavy (non-hydrogen) atoms. The summed E-state index contributed by atoms with van der Waals surface area (Å²) in [5.74, 6) is 1.20. The molecular formula is C24H27NO6S2. The van der Waals surface area contributed by atoms with Crippen molar-refractivity contribution < 1.29 is 26.3 Å². The Kier molecular flexibility index (Phi) is 7.78. The van der Waals surface area contributed by atoms with Crippen LogP contribution in [-0.4, -0.2) is 37.1 Å². The van der Waals surface area contributed by atoms with Crippen LogP contribution in [0.25, 0.3) is 0 Å². The number of nitrogens with one attached hydrogen (secondary N) is 1. The highest BCUT2D eigenvalue weighted by Crippen LogP contribution is 2.28. The first kappa shape index (κ1) is 24.8. The predicted molar refractivity (Wildman–Crippen MR) is 126 cm³/mol. The quantitative estimate of drug-likeness (QED) is 0.466. The summed E-state index contributed by atoms with van der Waals surface area (Å²) in [4.78, 5) is -0.0330. The number of hydrogen-bond acceptors (Lipinski definition) is 6. The van der Waals surface area contributed by atoms with E-state index in [1.54, 1.807) is 44.4 Å². The Hall–Kier alpha value is -2.88. The molecule has 1 N–H and O–H groups in total. The Morgan fingerprint density at radius 3 is 2.24 bits per heavy atom. The first-order valence-electron chi connectivity index (χ1n) is 10.4. The second kappa shape index (κ2) is 10.4. The SMILES string of the molecule is CCOc1ccc(CCNS(=O)(=O)c2cc(S(=O)(=O)c3ccccc3)ccc2C)cc1OC. The van der Waals surface area contributed by atoms with Gasteiger partial charge in [-0.2, -0.15) is 0 Å². The van der Waals surface area contributed by atoms with E-state index in [-0.39, 0.29) is 21.2 Å². The van der Waals surface area contributed by atoms with E-state index in [4.69, 9.17) is 9.47 Å². The van der Waals surface area contributed by atoms with Crippen LogP contribution in [0.2, 0.25) is 0 Å². The summed E-state index contributed by atoms with van der Waals surface area (Å²) in [6, 6.07) is 17.5. The van der Waals surface area contributed by atoms with Gasteiger partial charge in [0.25, 0.3) is 0 Å². The van der Waals surface area contributed by atoms with Crippen molar-refractivity contribution in [2.75, 3.05) is 20.3 Å². The van der Waals surface area contributed by atoms with E-state index >= 15 is 0 Å². The number of rotatable bonds is 10. The van der Waals surface area contributed by atoms with Crippen LogP contribution in [0, 0.1) is 6.92 Å². The minimum absolute atomic E-state index is 0.0659. The average Bonchev–Trinajstić information content (AvgIpc) is 2.80. The number of benzene rings is 3. The van der Waals surface area contributed by atoms with E-state index in [2.05, 4.69) is 4.72 Å². The second-order valence-electron chi connectivity index (χ2n) is 7.31. The fourth-order valence-electron chi connectivity index (χ4n) is 3.32. The zero-order chi connectivity index (χ0) is 24.1. The lowest BCUT2D eigenvalue weighted by Crippen LogP contribution is -2.27. The Morgan fingerprint density at radius 1 is 0.848 bits per heavy atom. The molecule has 0 bridgehead atoms. The van der Waals surface area contributed by atoms with Crippen LogP contribution in [-0.2, 0) is 26.3 Å². The lowest BCUT2D eigenvalue weighted by atomic mass is 10.1. The van der Waals surface area contributed by atoms with Crippen LogP contribution in [0.1, 0.15) is 18.1 Å². The molecule has 0 aromatic heterocycles. The van der Waals surface area contributed by atoms with Gasteiger partial charge >= 0.3 is 0 Å². The maximum Gasteiger partial charge on any atom is 0.240 e. The van der Waals surface area contributed by atoms with Gasteiger partial charge in [0.2, 0.25) is 19.9 Å². The molecule has 0 spiro atoms. The molecule has 7 nitrogen and oxygen atoms in total. The Balaban J connectivity index is 1.79. The lowest BCUT2D eigenvalue weighted by Gasteiger charge is -2.13. The number of hydrogen-bond donors (Lipinski definition) is 1. The maximum atomic E-state index is 13.0. The molecule has 0 aliphatic rings. The molecule has 0 radical (unpaired) electrons. The van der Waals surface area contributed by atoms with Gasteiger partial charge in [0.05, 0.1) is 28.4 Å². The lowest BCUT2D eigenvalue weighted by molar-refractivity contribution is 0.310. The van der Waals surface area contributed by atoms with E-state index < -0.39 is 19.9 Å². The second-order valence-corrected chi connectivity index (χ2v) is 11.0. The van der Waals surface area contributed by atoms with E-state index in [1.165, 1.54) is 30.3 Å². The zero-order valence-electron chi connectivity index (χ0n) is 18.7. The summed E-state index contributed by atoms with van der Waals surface area (Å²) < 4.78 is 65.2. The number of methoxy groups -OCH3 is 1. The van der Waals surface area contributed by atoms with Crippen molar-refractivity contribution >= 4 is 19.9 Å². The van der Waals surface area contributed by atoms with Crippen LogP contribution in [0.5, 0.6) is 11.5 Å². The molecular weight excluding hydrogens is 462 g/mol. The molecule has 0 amide bonds. The molecule has 3 aromatic rings. The largest absolute Gasteiger partial charge is 0.493 e.